The predicted octanol–water partition coefficient (Wildman–Crippen LogP) is 2.34. The van der Waals surface area contributed by atoms with E-state index < -0.39 is 12.4 Å². The van der Waals surface area contributed by atoms with Crippen molar-refractivity contribution in [3.8, 4) is 5.75 Å². The van der Waals surface area contributed by atoms with Crippen LogP contribution in [-0.2, 0) is 13.6 Å². The molecule has 0 atom stereocenters. The summed E-state index contributed by atoms with van der Waals surface area (Å²) < 4.78 is 42.3. The molecule has 23 heavy (non-hydrogen) atoms. The van der Waals surface area contributed by atoms with Crippen molar-refractivity contribution < 1.29 is 22.7 Å². The van der Waals surface area contributed by atoms with Crippen LogP contribution in [0.4, 0.5) is 23.9 Å². The minimum Gasteiger partial charge on any atom is -0.405 e. The quantitative estimate of drug-likeness (QED) is 0.902. The van der Waals surface area contributed by atoms with E-state index in [1.54, 1.807) is 20.0 Å². The number of carbonyl (C=O) groups is 1. The second-order valence-electron chi connectivity index (χ2n) is 4.57. The van der Waals surface area contributed by atoms with Crippen molar-refractivity contribution in [2.45, 2.75) is 19.8 Å². The Labute approximate surface area is 129 Å². The molecule has 0 fully saturated rings. The fourth-order valence-electron chi connectivity index (χ4n) is 1.71. The van der Waals surface area contributed by atoms with Crippen molar-refractivity contribution in [2.75, 3.05) is 5.32 Å². The smallest absolute Gasteiger partial charge is 0.405 e. The number of hydrogen-bond donors (Lipinski definition) is 2. The number of benzene rings is 1. The van der Waals surface area contributed by atoms with Gasteiger partial charge in [0.25, 0.3) is 0 Å². The Morgan fingerprint density at radius 2 is 2.04 bits per heavy atom. The molecular weight excluding hydrogens is 315 g/mol. The summed E-state index contributed by atoms with van der Waals surface area (Å²) in [6.07, 6.45) is -4.80. The maximum Gasteiger partial charge on any atom is 0.573 e. The van der Waals surface area contributed by atoms with Crippen molar-refractivity contribution in [2.24, 2.45) is 7.05 Å². The average Bonchev–Trinajstić information content (AvgIpc) is 2.74. The van der Waals surface area contributed by atoms with Crippen LogP contribution in [0.3, 0.4) is 0 Å². The zero-order chi connectivity index (χ0) is 17.0. The van der Waals surface area contributed by atoms with E-state index in [1.165, 1.54) is 22.9 Å². The van der Waals surface area contributed by atoms with Gasteiger partial charge in [0, 0.05) is 19.2 Å². The van der Waals surface area contributed by atoms with Gasteiger partial charge < -0.3 is 10.1 Å². The maximum atomic E-state index is 12.3. The number of para-hydroxylation sites is 1. The van der Waals surface area contributed by atoms with E-state index in [4.69, 9.17) is 0 Å². The van der Waals surface area contributed by atoms with Crippen molar-refractivity contribution in [1.82, 2.24) is 20.1 Å². The number of aryl methyl sites for hydroxylation is 2. The molecular formula is C13H14F3N5O2. The summed E-state index contributed by atoms with van der Waals surface area (Å²) in [6.45, 7) is 1.56. The zero-order valence-electron chi connectivity index (χ0n) is 12.3. The van der Waals surface area contributed by atoms with Crippen LogP contribution in [0.25, 0.3) is 0 Å². The lowest BCUT2D eigenvalue weighted by Gasteiger charge is -2.13. The van der Waals surface area contributed by atoms with Gasteiger partial charge in [0.15, 0.2) is 0 Å². The molecule has 1 aromatic heterocycles. The molecule has 0 aliphatic rings. The van der Waals surface area contributed by atoms with Crippen LogP contribution in [-0.4, -0.2) is 27.2 Å². The number of alkyl halides is 3. The van der Waals surface area contributed by atoms with Crippen molar-refractivity contribution in [3.05, 3.63) is 35.7 Å². The van der Waals surface area contributed by atoms with Crippen LogP contribution in [0.5, 0.6) is 5.75 Å². The van der Waals surface area contributed by atoms with E-state index in [0.717, 1.165) is 0 Å². The van der Waals surface area contributed by atoms with E-state index in [1.807, 2.05) is 0 Å². The second kappa shape index (κ2) is 6.55. The summed E-state index contributed by atoms with van der Waals surface area (Å²) in [7, 11) is 1.66. The highest BCUT2D eigenvalue weighted by Gasteiger charge is 2.31. The van der Waals surface area contributed by atoms with Crippen molar-refractivity contribution in [1.29, 1.82) is 0 Å². The number of aromatic nitrogens is 3. The van der Waals surface area contributed by atoms with Gasteiger partial charge >= 0.3 is 12.4 Å². The lowest BCUT2D eigenvalue weighted by atomic mass is 10.2. The van der Waals surface area contributed by atoms with Crippen LogP contribution in [0.2, 0.25) is 0 Å². The molecule has 0 radical (unpaired) electrons. The lowest BCUT2D eigenvalue weighted by Crippen LogP contribution is -2.29. The molecule has 7 nitrogen and oxygen atoms in total. The first kappa shape index (κ1) is 16.6. The van der Waals surface area contributed by atoms with E-state index in [0.29, 0.717) is 5.82 Å². The molecule has 1 aromatic carbocycles. The van der Waals surface area contributed by atoms with Crippen molar-refractivity contribution >= 4 is 12.0 Å². The number of hydrogen-bond acceptors (Lipinski definition) is 4. The molecule has 0 aliphatic heterocycles. The van der Waals surface area contributed by atoms with Gasteiger partial charge in [-0.1, -0.05) is 18.2 Å². The van der Waals surface area contributed by atoms with Gasteiger partial charge in [0.2, 0.25) is 5.95 Å². The molecule has 0 spiro atoms. The van der Waals surface area contributed by atoms with E-state index in [9.17, 15) is 18.0 Å². The highest BCUT2D eigenvalue weighted by Crippen LogP contribution is 2.26. The number of ether oxygens (including phenoxy) is 1. The first-order valence-corrected chi connectivity index (χ1v) is 6.51. The first-order valence-electron chi connectivity index (χ1n) is 6.51. The molecule has 0 bridgehead atoms. The highest BCUT2D eigenvalue weighted by atomic mass is 19.4. The summed E-state index contributed by atoms with van der Waals surface area (Å²) in [4.78, 5) is 15.7. The summed E-state index contributed by atoms with van der Waals surface area (Å²) in [5, 5.41) is 8.73. The molecule has 1 heterocycles. The third-order valence-corrected chi connectivity index (χ3v) is 2.84. The number of amides is 2. The number of nitrogens with one attached hydrogen (secondary N) is 2. The molecule has 124 valence electrons. The summed E-state index contributed by atoms with van der Waals surface area (Å²) in [6, 6.07) is 4.90. The minimum absolute atomic E-state index is 0.0994. The number of rotatable bonds is 4. The van der Waals surface area contributed by atoms with Crippen LogP contribution >= 0.6 is 0 Å². The molecule has 10 heteroatoms. The fourth-order valence-corrected chi connectivity index (χ4v) is 1.71. The van der Waals surface area contributed by atoms with E-state index in [2.05, 4.69) is 25.5 Å². The zero-order valence-corrected chi connectivity index (χ0v) is 12.3. The molecule has 2 N–H and O–H groups in total. The van der Waals surface area contributed by atoms with Gasteiger partial charge in [-0.25, -0.2) is 4.79 Å². The van der Waals surface area contributed by atoms with Gasteiger partial charge in [-0.2, -0.15) is 4.98 Å². The molecule has 0 saturated carbocycles. The Hall–Kier alpha value is -2.78. The first-order chi connectivity index (χ1) is 10.7. The third kappa shape index (κ3) is 4.87. The number of halogens is 3. The topological polar surface area (TPSA) is 81.1 Å². The van der Waals surface area contributed by atoms with E-state index >= 15 is 0 Å². The Kier molecular flexibility index (Phi) is 4.72. The van der Waals surface area contributed by atoms with Crippen LogP contribution in [0.15, 0.2) is 24.3 Å². The fraction of sp³-hybridized carbons (Fsp3) is 0.308. The Balaban J connectivity index is 1.96. The SMILES string of the molecule is Cc1nc(NC(=O)NCc2ccccc2OC(F)(F)F)nn1C. The number of nitrogens with zero attached hydrogens (tertiary/aromatic N) is 3. The minimum atomic E-state index is -4.80. The van der Waals surface area contributed by atoms with Gasteiger partial charge in [-0.05, 0) is 13.0 Å². The summed E-state index contributed by atoms with van der Waals surface area (Å²) >= 11 is 0. The maximum absolute atomic E-state index is 12.3. The third-order valence-electron chi connectivity index (χ3n) is 2.84. The van der Waals surface area contributed by atoms with Crippen LogP contribution in [0, 0.1) is 6.92 Å². The number of anilines is 1. The highest BCUT2D eigenvalue weighted by molar-refractivity contribution is 5.87. The lowest BCUT2D eigenvalue weighted by molar-refractivity contribution is -0.274. The van der Waals surface area contributed by atoms with Crippen molar-refractivity contribution in [3.63, 3.8) is 0 Å². The number of carbonyl (C=O) groups excluding carboxylic acids is 1. The largest absolute Gasteiger partial charge is 0.573 e. The summed E-state index contributed by atoms with van der Waals surface area (Å²) in [5.74, 6) is 0.332. The molecule has 2 aromatic rings. The van der Waals surface area contributed by atoms with Crippen LogP contribution < -0.4 is 15.4 Å². The Morgan fingerprint density at radius 3 is 2.65 bits per heavy atom. The Morgan fingerprint density at radius 1 is 1.35 bits per heavy atom. The molecule has 0 unspecified atom stereocenters. The standard InChI is InChI=1S/C13H14F3N5O2/c1-8-18-11(20-21(8)2)19-12(22)17-7-9-5-3-4-6-10(9)23-13(14,15)16/h3-6H,7H2,1-2H3,(H2,17,19,20,22). The average molecular weight is 329 g/mol. The Bertz CT molecular complexity index is 680. The van der Waals surface area contributed by atoms with Gasteiger partial charge in [-0.3, -0.25) is 10.00 Å². The predicted molar refractivity (Wildman–Crippen MR) is 74.7 cm³/mol. The van der Waals surface area contributed by atoms with E-state index in [-0.39, 0.29) is 23.8 Å². The second-order valence-corrected chi connectivity index (χ2v) is 4.57. The summed E-state index contributed by atoms with van der Waals surface area (Å²) in [5.41, 5.74) is 0.185. The van der Waals surface area contributed by atoms with Gasteiger partial charge in [-0.15, -0.1) is 18.3 Å². The monoisotopic (exact) mass is 329 g/mol. The molecule has 0 saturated heterocycles. The number of urea groups is 1. The molecule has 2 amide bonds. The normalized spacial score (nSPS) is 11.2. The van der Waals surface area contributed by atoms with Crippen LogP contribution in [0.1, 0.15) is 11.4 Å². The van der Waals surface area contributed by atoms with Gasteiger partial charge in [0.05, 0.1) is 0 Å². The molecule has 2 rings (SSSR count). The molecule has 0 aliphatic carbocycles. The van der Waals surface area contributed by atoms with Gasteiger partial charge in [0.1, 0.15) is 11.6 Å².